The Labute approximate surface area is 133 Å². The zero-order valence-corrected chi connectivity index (χ0v) is 14.3. The van der Waals surface area contributed by atoms with Crippen LogP contribution in [0.15, 0.2) is 6.07 Å². The van der Waals surface area contributed by atoms with E-state index in [0.29, 0.717) is 5.92 Å². The minimum Gasteiger partial charge on any atom is -0.444 e. The fourth-order valence-corrected chi connectivity index (χ4v) is 2.92. The molecule has 0 saturated carbocycles. The first kappa shape index (κ1) is 16.7. The van der Waals surface area contributed by atoms with Crippen molar-refractivity contribution in [2.24, 2.45) is 5.92 Å². The van der Waals surface area contributed by atoms with Crippen LogP contribution < -0.4 is 0 Å². The van der Waals surface area contributed by atoms with Gasteiger partial charge in [-0.1, -0.05) is 0 Å². The molecule has 1 aromatic heterocycles. The molecule has 1 aliphatic heterocycles. The second-order valence-electron chi connectivity index (χ2n) is 7.19. The van der Waals surface area contributed by atoms with Gasteiger partial charge in [0.25, 0.3) is 0 Å². The van der Waals surface area contributed by atoms with Crippen LogP contribution in [0, 0.1) is 19.8 Å². The highest BCUT2D eigenvalue weighted by Gasteiger charge is 2.27. The Morgan fingerprint density at radius 2 is 2.09 bits per heavy atom. The van der Waals surface area contributed by atoms with Crippen LogP contribution in [0.25, 0.3) is 0 Å². The molecule has 0 N–H and O–H groups in total. The lowest BCUT2D eigenvalue weighted by atomic mass is 9.93. The van der Waals surface area contributed by atoms with Gasteiger partial charge in [-0.2, -0.15) is 0 Å². The maximum Gasteiger partial charge on any atom is 0.410 e. The average molecular weight is 305 g/mol. The summed E-state index contributed by atoms with van der Waals surface area (Å²) < 4.78 is 5.48. The molecule has 1 amide bonds. The molecule has 122 valence electrons. The van der Waals surface area contributed by atoms with Crippen molar-refractivity contribution in [3.63, 3.8) is 0 Å². The molecule has 1 aliphatic rings. The smallest absolute Gasteiger partial charge is 0.410 e. The van der Waals surface area contributed by atoms with Crippen molar-refractivity contribution in [2.75, 3.05) is 13.1 Å². The van der Waals surface area contributed by atoms with E-state index in [1.807, 2.05) is 45.6 Å². The Balaban J connectivity index is 1.97. The molecule has 0 aliphatic carbocycles. The van der Waals surface area contributed by atoms with Crippen LogP contribution in [0.1, 0.15) is 50.8 Å². The number of aromatic nitrogens is 2. The maximum absolute atomic E-state index is 12.2. The SMILES string of the molecule is Cc1cc(CC2CCCN(C(=O)OC(C)(C)C)C2)nc(C)n1. The number of amides is 1. The van der Waals surface area contributed by atoms with E-state index in [0.717, 1.165) is 49.6 Å². The van der Waals surface area contributed by atoms with E-state index >= 15 is 0 Å². The van der Waals surface area contributed by atoms with E-state index < -0.39 is 5.60 Å². The van der Waals surface area contributed by atoms with Crippen molar-refractivity contribution in [3.05, 3.63) is 23.3 Å². The molecule has 1 aromatic rings. The Morgan fingerprint density at radius 3 is 2.73 bits per heavy atom. The summed E-state index contributed by atoms with van der Waals surface area (Å²) in [6, 6.07) is 2.04. The van der Waals surface area contributed by atoms with E-state index in [-0.39, 0.29) is 6.09 Å². The molecule has 1 atom stereocenters. The van der Waals surface area contributed by atoms with Crippen LogP contribution in [0.4, 0.5) is 4.79 Å². The minimum atomic E-state index is -0.440. The number of hydrogen-bond acceptors (Lipinski definition) is 4. The van der Waals surface area contributed by atoms with E-state index in [1.54, 1.807) is 0 Å². The van der Waals surface area contributed by atoms with Crippen LogP contribution in [0.3, 0.4) is 0 Å². The third kappa shape index (κ3) is 4.97. The number of carbonyl (C=O) groups excluding carboxylic acids is 1. The number of hydrogen-bond donors (Lipinski definition) is 0. The van der Waals surface area contributed by atoms with Crippen molar-refractivity contribution in [1.82, 2.24) is 14.9 Å². The molecule has 5 nitrogen and oxygen atoms in total. The van der Waals surface area contributed by atoms with Crippen LogP contribution >= 0.6 is 0 Å². The first-order chi connectivity index (χ1) is 10.2. The van der Waals surface area contributed by atoms with Gasteiger partial charge >= 0.3 is 6.09 Å². The summed E-state index contributed by atoms with van der Waals surface area (Å²) in [6.07, 6.45) is 2.84. The number of carbonyl (C=O) groups is 1. The molecule has 2 heterocycles. The summed E-state index contributed by atoms with van der Waals surface area (Å²) in [7, 11) is 0. The number of rotatable bonds is 2. The van der Waals surface area contributed by atoms with Gasteiger partial charge in [0.1, 0.15) is 11.4 Å². The van der Waals surface area contributed by atoms with Gasteiger partial charge < -0.3 is 9.64 Å². The van der Waals surface area contributed by atoms with E-state index in [4.69, 9.17) is 4.74 Å². The summed E-state index contributed by atoms with van der Waals surface area (Å²) in [6.45, 7) is 11.1. The summed E-state index contributed by atoms with van der Waals surface area (Å²) in [4.78, 5) is 22.9. The molecule has 5 heteroatoms. The Hall–Kier alpha value is -1.65. The summed E-state index contributed by atoms with van der Waals surface area (Å²) in [5.74, 6) is 1.25. The molecule has 22 heavy (non-hydrogen) atoms. The lowest BCUT2D eigenvalue weighted by Gasteiger charge is -2.34. The number of piperidine rings is 1. The van der Waals surface area contributed by atoms with Gasteiger partial charge in [-0.3, -0.25) is 0 Å². The third-order valence-corrected chi connectivity index (χ3v) is 3.69. The van der Waals surface area contributed by atoms with Crippen molar-refractivity contribution >= 4 is 6.09 Å². The molecule has 1 unspecified atom stereocenters. The standard InChI is InChI=1S/C17H27N3O2/c1-12-9-15(19-13(2)18-12)10-14-7-6-8-20(11-14)16(21)22-17(3,4)5/h9,14H,6-8,10-11H2,1-5H3. The summed E-state index contributed by atoms with van der Waals surface area (Å²) in [5.41, 5.74) is 1.63. The van der Waals surface area contributed by atoms with Gasteiger partial charge in [-0.05, 0) is 65.9 Å². The molecule has 1 saturated heterocycles. The predicted octanol–water partition coefficient (Wildman–Crippen LogP) is 3.28. The monoisotopic (exact) mass is 305 g/mol. The fraction of sp³-hybridized carbons (Fsp3) is 0.706. The molecule has 0 bridgehead atoms. The zero-order valence-electron chi connectivity index (χ0n) is 14.3. The fourth-order valence-electron chi connectivity index (χ4n) is 2.92. The van der Waals surface area contributed by atoms with Gasteiger partial charge in [0, 0.05) is 24.5 Å². The number of ether oxygens (including phenoxy) is 1. The highest BCUT2D eigenvalue weighted by molar-refractivity contribution is 5.68. The largest absolute Gasteiger partial charge is 0.444 e. The Bertz CT molecular complexity index is 517. The molecule has 0 aromatic carbocycles. The molecule has 1 fully saturated rings. The molecule has 2 rings (SSSR count). The number of aryl methyl sites for hydroxylation is 2. The Kier molecular flexibility index (Phi) is 5.04. The summed E-state index contributed by atoms with van der Waals surface area (Å²) >= 11 is 0. The zero-order chi connectivity index (χ0) is 16.3. The van der Waals surface area contributed by atoms with Gasteiger partial charge in [0.15, 0.2) is 0 Å². The van der Waals surface area contributed by atoms with Crippen molar-refractivity contribution in [1.29, 1.82) is 0 Å². The van der Waals surface area contributed by atoms with Crippen molar-refractivity contribution in [3.8, 4) is 0 Å². The summed E-state index contributed by atoms with van der Waals surface area (Å²) in [5, 5.41) is 0. The van der Waals surface area contributed by atoms with E-state index in [2.05, 4.69) is 9.97 Å². The molecule has 0 spiro atoms. The number of nitrogens with zero attached hydrogens (tertiary/aromatic N) is 3. The highest BCUT2D eigenvalue weighted by atomic mass is 16.6. The lowest BCUT2D eigenvalue weighted by molar-refractivity contribution is 0.0165. The normalized spacial score (nSPS) is 19.1. The second kappa shape index (κ2) is 6.63. The molecular formula is C17H27N3O2. The maximum atomic E-state index is 12.2. The highest BCUT2D eigenvalue weighted by Crippen LogP contribution is 2.22. The van der Waals surface area contributed by atoms with Crippen LogP contribution in [-0.2, 0) is 11.2 Å². The van der Waals surface area contributed by atoms with Gasteiger partial charge in [-0.15, -0.1) is 0 Å². The van der Waals surface area contributed by atoms with Crippen LogP contribution in [0.2, 0.25) is 0 Å². The molecular weight excluding hydrogens is 278 g/mol. The van der Waals surface area contributed by atoms with E-state index in [9.17, 15) is 4.79 Å². The Morgan fingerprint density at radius 1 is 1.36 bits per heavy atom. The van der Waals surface area contributed by atoms with Gasteiger partial charge in [0.05, 0.1) is 0 Å². The van der Waals surface area contributed by atoms with Crippen LogP contribution in [0.5, 0.6) is 0 Å². The first-order valence-corrected chi connectivity index (χ1v) is 8.02. The van der Waals surface area contributed by atoms with Crippen LogP contribution in [-0.4, -0.2) is 39.7 Å². The predicted molar refractivity (Wildman–Crippen MR) is 85.7 cm³/mol. The quantitative estimate of drug-likeness (QED) is 0.841. The third-order valence-electron chi connectivity index (χ3n) is 3.69. The lowest BCUT2D eigenvalue weighted by Crippen LogP contribution is -2.43. The van der Waals surface area contributed by atoms with E-state index in [1.165, 1.54) is 0 Å². The first-order valence-electron chi connectivity index (χ1n) is 8.02. The van der Waals surface area contributed by atoms with Crippen molar-refractivity contribution in [2.45, 2.75) is 59.5 Å². The number of likely N-dealkylation sites (tertiary alicyclic amines) is 1. The topological polar surface area (TPSA) is 55.3 Å². The molecule has 0 radical (unpaired) electrons. The minimum absolute atomic E-state index is 0.202. The van der Waals surface area contributed by atoms with Gasteiger partial charge in [-0.25, -0.2) is 14.8 Å². The second-order valence-corrected chi connectivity index (χ2v) is 7.19. The average Bonchev–Trinajstić information content (AvgIpc) is 2.35. The van der Waals surface area contributed by atoms with Gasteiger partial charge in [0.2, 0.25) is 0 Å². The van der Waals surface area contributed by atoms with Crippen molar-refractivity contribution < 1.29 is 9.53 Å².